The van der Waals surface area contributed by atoms with Crippen LogP contribution in [0.4, 0.5) is 0 Å². The molecule has 0 spiro atoms. The Morgan fingerprint density at radius 1 is 0.978 bits per heavy atom. The number of aromatic hydroxyl groups is 1. The fraction of sp³-hybridized carbons (Fsp3) is 0.250. The van der Waals surface area contributed by atoms with Gasteiger partial charge in [0.15, 0.2) is 0 Å². The summed E-state index contributed by atoms with van der Waals surface area (Å²) in [5, 5.41) is 13.8. The highest BCUT2D eigenvalue weighted by atomic mass is 16.5. The van der Waals surface area contributed by atoms with E-state index in [9.17, 15) is 14.7 Å². The Morgan fingerprint density at radius 3 is 2.52 bits per heavy atom. The average Bonchev–Trinajstić information content (AvgIpc) is 3.08. The van der Waals surface area contributed by atoms with Crippen LogP contribution < -0.4 is 10.2 Å². The van der Waals surface area contributed by atoms with Crippen molar-refractivity contribution in [2.75, 3.05) is 26.7 Å². The van der Waals surface area contributed by atoms with Crippen molar-refractivity contribution < 1.29 is 19.4 Å². The monoisotopic (exact) mass is 618 g/mol. The van der Waals surface area contributed by atoms with Crippen molar-refractivity contribution in [3.8, 4) is 22.8 Å². The Kier molecular flexibility index (Phi) is 9.39. The number of methoxy groups -OCH3 is 1. The number of phenols is 1. The number of rotatable bonds is 11. The molecule has 0 unspecified atom stereocenters. The van der Waals surface area contributed by atoms with E-state index in [1.807, 2.05) is 75.7 Å². The first-order valence-corrected chi connectivity index (χ1v) is 15.3. The number of fused-ring (bicyclic) bond motifs is 1. The number of amides is 2. The van der Waals surface area contributed by atoms with E-state index in [2.05, 4.69) is 23.1 Å². The molecule has 3 aromatic carbocycles. The lowest BCUT2D eigenvalue weighted by atomic mass is 9.98. The summed E-state index contributed by atoms with van der Waals surface area (Å²) in [4.78, 5) is 36.1. The Bertz CT molecular complexity index is 1680. The number of piperazine rings is 1. The number of nitrogens with zero attached hydrogens (tertiary/aromatic N) is 5. The van der Waals surface area contributed by atoms with Crippen molar-refractivity contribution in [3.05, 3.63) is 127 Å². The molecular weight excluding hydrogens is 580 g/mol. The predicted octanol–water partition coefficient (Wildman–Crippen LogP) is 3.99. The molecule has 2 N–H and O–H groups in total. The third-order valence-electron chi connectivity index (χ3n) is 8.40. The van der Waals surface area contributed by atoms with E-state index >= 15 is 0 Å². The maximum absolute atomic E-state index is 14.3. The first-order chi connectivity index (χ1) is 22.4. The summed E-state index contributed by atoms with van der Waals surface area (Å²) in [6, 6.07) is 28.0. The summed E-state index contributed by atoms with van der Waals surface area (Å²) in [7, 11) is 1.60. The zero-order chi connectivity index (χ0) is 32.0. The molecule has 0 aliphatic carbocycles. The Labute approximate surface area is 269 Å². The minimum Gasteiger partial charge on any atom is -0.508 e. The number of hydrogen-bond donors (Lipinski definition) is 2. The third kappa shape index (κ3) is 6.64. The van der Waals surface area contributed by atoms with Crippen LogP contribution in [0.5, 0.6) is 11.6 Å². The zero-order valence-electron chi connectivity index (χ0n) is 25.8. The van der Waals surface area contributed by atoms with Gasteiger partial charge in [0.2, 0.25) is 17.7 Å². The highest BCUT2D eigenvalue weighted by molar-refractivity contribution is 5.90. The first kappa shape index (κ1) is 31.0. The molecule has 1 aromatic heterocycles. The second kappa shape index (κ2) is 13.9. The molecule has 2 fully saturated rings. The first-order valence-electron chi connectivity index (χ1n) is 15.3. The lowest BCUT2D eigenvalue weighted by Crippen LogP contribution is -2.77. The number of ether oxygens (including phenoxy) is 1. The largest absolute Gasteiger partial charge is 0.508 e. The highest BCUT2D eigenvalue weighted by Gasteiger charge is 2.49. The molecule has 2 aliphatic heterocycles. The molecule has 0 radical (unpaired) electrons. The summed E-state index contributed by atoms with van der Waals surface area (Å²) < 4.78 is 5.50. The van der Waals surface area contributed by atoms with Gasteiger partial charge in [-0.1, -0.05) is 66.7 Å². The minimum absolute atomic E-state index is 0.110. The number of phenolic OH excluding ortho intramolecular Hbond substituents is 1. The highest BCUT2D eigenvalue weighted by Crippen LogP contribution is 2.31. The molecule has 6 rings (SSSR count). The van der Waals surface area contributed by atoms with Gasteiger partial charge >= 0.3 is 0 Å². The van der Waals surface area contributed by atoms with Gasteiger partial charge in [-0.3, -0.25) is 9.59 Å². The Hall–Kier alpha value is -5.03. The number of nitrogens with one attached hydrogen (secondary N) is 1. The fourth-order valence-corrected chi connectivity index (χ4v) is 6.24. The smallest absolute Gasteiger partial charge is 0.246 e. The lowest BCUT2D eigenvalue weighted by molar-refractivity contribution is -0.217. The van der Waals surface area contributed by atoms with Gasteiger partial charge < -0.3 is 19.6 Å². The molecule has 2 atom stereocenters. The topological polar surface area (TPSA) is 101 Å². The van der Waals surface area contributed by atoms with Gasteiger partial charge in [-0.25, -0.2) is 15.4 Å². The quantitative estimate of drug-likeness (QED) is 0.244. The SMILES string of the molecule is C=CCN1CC(=O)N2[C@@H](Cc3ccc(O)cc3)C(=O)N(Cc3cccc(-c4cccnc4OC)c3)C[C@@H]2N1NCc1ccccc1. The van der Waals surface area contributed by atoms with E-state index in [-0.39, 0.29) is 24.1 Å². The molecule has 0 bridgehead atoms. The van der Waals surface area contributed by atoms with Crippen LogP contribution in [0.2, 0.25) is 0 Å². The predicted molar refractivity (Wildman–Crippen MR) is 175 cm³/mol. The standard InChI is InChI=1S/C36H38N6O4/c1-3-19-40-25-34(44)41-32(21-26-14-16-30(43)17-15-26)36(45)39(24-33(41)42(40)38-22-27-9-5-4-6-10-27)23-28-11-7-12-29(20-28)31-13-8-18-37-35(31)46-2/h3-18,20,32-33,38,43H,1,19,21-25H2,2H3/t32-,33-/m0/s1. The normalized spacial score (nSPS) is 18.8. The Morgan fingerprint density at radius 2 is 1.76 bits per heavy atom. The summed E-state index contributed by atoms with van der Waals surface area (Å²) in [6.45, 7) is 5.69. The van der Waals surface area contributed by atoms with Crippen LogP contribution in [-0.4, -0.2) is 80.8 Å². The maximum atomic E-state index is 14.3. The fourth-order valence-electron chi connectivity index (χ4n) is 6.24. The zero-order valence-corrected chi connectivity index (χ0v) is 25.8. The minimum atomic E-state index is -0.732. The number of benzene rings is 3. The summed E-state index contributed by atoms with van der Waals surface area (Å²) >= 11 is 0. The van der Waals surface area contributed by atoms with Crippen LogP contribution in [0.15, 0.2) is 110 Å². The molecule has 46 heavy (non-hydrogen) atoms. The van der Waals surface area contributed by atoms with E-state index in [1.165, 1.54) is 0 Å². The Balaban J connectivity index is 1.34. The molecule has 2 aliphatic rings. The van der Waals surface area contributed by atoms with Crippen LogP contribution in [-0.2, 0) is 29.1 Å². The van der Waals surface area contributed by atoms with E-state index in [0.717, 1.165) is 27.8 Å². The van der Waals surface area contributed by atoms with Gasteiger partial charge in [0.1, 0.15) is 18.0 Å². The molecule has 236 valence electrons. The van der Waals surface area contributed by atoms with Crippen molar-refractivity contribution in [2.24, 2.45) is 0 Å². The molecule has 2 amide bonds. The van der Waals surface area contributed by atoms with Gasteiger partial charge in [-0.15, -0.1) is 6.58 Å². The number of pyridine rings is 1. The molecule has 10 heteroatoms. The molecule has 2 saturated heterocycles. The van der Waals surface area contributed by atoms with E-state index < -0.39 is 12.2 Å². The van der Waals surface area contributed by atoms with Crippen LogP contribution in [0.25, 0.3) is 11.1 Å². The van der Waals surface area contributed by atoms with Crippen LogP contribution in [0.1, 0.15) is 16.7 Å². The van der Waals surface area contributed by atoms with Crippen LogP contribution in [0.3, 0.4) is 0 Å². The number of aromatic nitrogens is 1. The van der Waals surface area contributed by atoms with Crippen molar-refractivity contribution >= 4 is 11.8 Å². The van der Waals surface area contributed by atoms with Crippen molar-refractivity contribution in [3.63, 3.8) is 0 Å². The van der Waals surface area contributed by atoms with E-state index in [0.29, 0.717) is 38.5 Å². The third-order valence-corrected chi connectivity index (χ3v) is 8.40. The van der Waals surface area contributed by atoms with Gasteiger partial charge in [-0.05, 0) is 52.6 Å². The van der Waals surface area contributed by atoms with Gasteiger partial charge in [0.05, 0.1) is 20.2 Å². The van der Waals surface area contributed by atoms with Gasteiger partial charge in [0, 0.05) is 37.8 Å². The summed E-state index contributed by atoms with van der Waals surface area (Å²) in [5.74, 6) is 0.435. The molecular formula is C36H38N6O4. The molecule has 3 heterocycles. The van der Waals surface area contributed by atoms with Gasteiger partial charge in [-0.2, -0.15) is 5.12 Å². The number of carbonyl (C=O) groups excluding carboxylic acids is 2. The number of hydrazine groups is 2. The van der Waals surface area contributed by atoms with Crippen molar-refractivity contribution in [1.29, 1.82) is 0 Å². The van der Waals surface area contributed by atoms with E-state index in [1.54, 1.807) is 48.5 Å². The van der Waals surface area contributed by atoms with Crippen LogP contribution in [0, 0.1) is 0 Å². The second-order valence-electron chi connectivity index (χ2n) is 11.4. The van der Waals surface area contributed by atoms with Crippen LogP contribution >= 0.6 is 0 Å². The van der Waals surface area contributed by atoms with Gasteiger partial charge in [0.25, 0.3) is 0 Å². The average molecular weight is 619 g/mol. The van der Waals surface area contributed by atoms with Crippen molar-refractivity contribution in [2.45, 2.75) is 31.7 Å². The summed E-state index contributed by atoms with van der Waals surface area (Å²) in [5.41, 5.74) is 8.25. The maximum Gasteiger partial charge on any atom is 0.246 e. The number of carbonyl (C=O) groups is 2. The summed E-state index contributed by atoms with van der Waals surface area (Å²) in [6.07, 6.45) is 3.32. The van der Waals surface area contributed by atoms with Crippen molar-refractivity contribution in [1.82, 2.24) is 30.3 Å². The molecule has 4 aromatic rings. The second-order valence-corrected chi connectivity index (χ2v) is 11.4. The molecule has 0 saturated carbocycles. The lowest BCUT2D eigenvalue weighted by Gasteiger charge is -2.55. The molecule has 10 nitrogen and oxygen atoms in total. The van der Waals surface area contributed by atoms with E-state index in [4.69, 9.17) is 4.74 Å². The number of hydrogen-bond acceptors (Lipinski definition) is 8.